The molecule has 5 nitrogen and oxygen atoms in total. The van der Waals surface area contributed by atoms with E-state index in [1.165, 1.54) is 24.3 Å². The van der Waals surface area contributed by atoms with Gasteiger partial charge in [-0.05, 0) is 36.4 Å². The number of benzene rings is 2. The molecule has 9 heteroatoms. The van der Waals surface area contributed by atoms with E-state index in [1.807, 2.05) is 0 Å². The molecule has 0 atom stereocenters. The van der Waals surface area contributed by atoms with Crippen LogP contribution in [0, 0.1) is 5.82 Å². The van der Waals surface area contributed by atoms with Crippen molar-refractivity contribution in [1.29, 1.82) is 0 Å². The number of rotatable bonds is 6. The molecule has 0 heterocycles. The van der Waals surface area contributed by atoms with Gasteiger partial charge in [-0.2, -0.15) is 8.78 Å². The largest absolute Gasteiger partial charge is 0.452 e. The SMILES string of the molecule is O=C(COC(=O)c1cccc(OC(F)F)c1)Nc1ccc(F)cc1Cl. The minimum Gasteiger partial charge on any atom is -0.452 e. The van der Waals surface area contributed by atoms with Crippen LogP contribution < -0.4 is 10.1 Å². The van der Waals surface area contributed by atoms with E-state index in [9.17, 15) is 22.8 Å². The highest BCUT2D eigenvalue weighted by atomic mass is 35.5. The van der Waals surface area contributed by atoms with Gasteiger partial charge in [-0.3, -0.25) is 4.79 Å². The van der Waals surface area contributed by atoms with E-state index in [0.29, 0.717) is 0 Å². The first-order valence-corrected chi connectivity index (χ1v) is 7.20. The van der Waals surface area contributed by atoms with E-state index in [4.69, 9.17) is 16.3 Å². The van der Waals surface area contributed by atoms with Crippen LogP contribution in [0.25, 0.3) is 0 Å². The summed E-state index contributed by atoms with van der Waals surface area (Å²) in [4.78, 5) is 23.6. The van der Waals surface area contributed by atoms with Crippen molar-refractivity contribution in [3.63, 3.8) is 0 Å². The predicted molar refractivity (Wildman–Crippen MR) is 83.4 cm³/mol. The molecule has 0 spiro atoms. The second-order valence-corrected chi connectivity index (χ2v) is 5.06. The molecule has 0 aliphatic heterocycles. The fraction of sp³-hybridized carbons (Fsp3) is 0.125. The van der Waals surface area contributed by atoms with Gasteiger partial charge in [0.2, 0.25) is 0 Å². The average Bonchev–Trinajstić information content (AvgIpc) is 2.55. The summed E-state index contributed by atoms with van der Waals surface area (Å²) in [6, 6.07) is 8.31. The third kappa shape index (κ3) is 5.68. The monoisotopic (exact) mass is 373 g/mol. The van der Waals surface area contributed by atoms with E-state index in [0.717, 1.165) is 18.2 Å². The zero-order chi connectivity index (χ0) is 18.4. The number of carbonyl (C=O) groups excluding carboxylic acids is 2. The lowest BCUT2D eigenvalue weighted by Gasteiger charge is -2.09. The average molecular weight is 374 g/mol. The van der Waals surface area contributed by atoms with Crippen molar-refractivity contribution < 1.29 is 32.2 Å². The van der Waals surface area contributed by atoms with E-state index < -0.39 is 30.9 Å². The van der Waals surface area contributed by atoms with Crippen LogP contribution in [0.3, 0.4) is 0 Å². The van der Waals surface area contributed by atoms with Gasteiger partial charge < -0.3 is 14.8 Å². The van der Waals surface area contributed by atoms with Crippen LogP contribution in [0.5, 0.6) is 5.75 Å². The smallest absolute Gasteiger partial charge is 0.387 e. The quantitative estimate of drug-likeness (QED) is 0.780. The molecule has 0 aliphatic rings. The number of esters is 1. The van der Waals surface area contributed by atoms with Gasteiger partial charge in [0.05, 0.1) is 16.3 Å². The van der Waals surface area contributed by atoms with Gasteiger partial charge in [0, 0.05) is 0 Å². The summed E-state index contributed by atoms with van der Waals surface area (Å²) in [7, 11) is 0. The Morgan fingerprint density at radius 2 is 1.92 bits per heavy atom. The van der Waals surface area contributed by atoms with Crippen LogP contribution >= 0.6 is 11.6 Å². The zero-order valence-corrected chi connectivity index (χ0v) is 13.2. The van der Waals surface area contributed by atoms with E-state index in [2.05, 4.69) is 10.1 Å². The lowest BCUT2D eigenvalue weighted by Crippen LogP contribution is -2.21. The lowest BCUT2D eigenvalue weighted by atomic mass is 10.2. The number of carbonyl (C=O) groups is 2. The summed E-state index contributed by atoms with van der Waals surface area (Å²) in [6.07, 6.45) is 0. The van der Waals surface area contributed by atoms with Gasteiger partial charge in [-0.15, -0.1) is 0 Å². The van der Waals surface area contributed by atoms with E-state index in [1.54, 1.807) is 0 Å². The molecule has 25 heavy (non-hydrogen) atoms. The second kappa shape index (κ2) is 8.39. The Labute approximate surface area is 145 Å². The normalized spacial score (nSPS) is 10.4. The minimum atomic E-state index is -3.03. The number of hydrogen-bond donors (Lipinski definition) is 1. The standard InChI is InChI=1S/C16H11ClF3NO4/c17-12-7-10(18)4-5-13(12)21-14(22)8-24-15(23)9-2-1-3-11(6-9)25-16(19)20/h1-7,16H,8H2,(H,21,22). The number of amides is 1. The first-order chi connectivity index (χ1) is 11.8. The maximum absolute atomic E-state index is 12.9. The van der Waals surface area contributed by atoms with Gasteiger partial charge in [0.1, 0.15) is 11.6 Å². The van der Waals surface area contributed by atoms with Gasteiger partial charge in [0.15, 0.2) is 6.61 Å². The molecule has 1 amide bonds. The summed E-state index contributed by atoms with van der Waals surface area (Å²) in [5.74, 6) is -2.39. The molecule has 1 N–H and O–H groups in total. The van der Waals surface area contributed by atoms with Crippen molar-refractivity contribution in [1.82, 2.24) is 0 Å². The van der Waals surface area contributed by atoms with Crippen molar-refractivity contribution in [3.8, 4) is 5.75 Å². The van der Waals surface area contributed by atoms with Crippen molar-refractivity contribution in [2.75, 3.05) is 11.9 Å². The van der Waals surface area contributed by atoms with Crippen molar-refractivity contribution in [2.45, 2.75) is 6.61 Å². The molecule has 0 aromatic heterocycles. The van der Waals surface area contributed by atoms with Gasteiger partial charge in [-0.25, -0.2) is 9.18 Å². The Balaban J connectivity index is 1.92. The number of halogens is 4. The number of anilines is 1. The van der Waals surface area contributed by atoms with Crippen molar-refractivity contribution >= 4 is 29.2 Å². The van der Waals surface area contributed by atoms with Crippen molar-refractivity contribution in [3.05, 3.63) is 58.9 Å². The Hall–Kier alpha value is -2.74. The third-order valence-electron chi connectivity index (χ3n) is 2.83. The highest BCUT2D eigenvalue weighted by Crippen LogP contribution is 2.22. The highest BCUT2D eigenvalue weighted by molar-refractivity contribution is 6.33. The fourth-order valence-corrected chi connectivity index (χ4v) is 2.01. The molecule has 0 saturated heterocycles. The Kier molecular flexibility index (Phi) is 6.24. The van der Waals surface area contributed by atoms with Crippen LogP contribution in [-0.2, 0) is 9.53 Å². The lowest BCUT2D eigenvalue weighted by molar-refractivity contribution is -0.119. The molecule has 0 aliphatic carbocycles. The van der Waals surface area contributed by atoms with Crippen LogP contribution in [-0.4, -0.2) is 25.1 Å². The van der Waals surface area contributed by atoms with E-state index in [-0.39, 0.29) is 22.0 Å². The second-order valence-electron chi connectivity index (χ2n) is 4.65. The highest BCUT2D eigenvalue weighted by Gasteiger charge is 2.13. The molecule has 0 unspecified atom stereocenters. The summed E-state index contributed by atoms with van der Waals surface area (Å²) < 4.78 is 46.1. The number of ether oxygens (including phenoxy) is 2. The summed E-state index contributed by atoms with van der Waals surface area (Å²) in [5, 5.41) is 2.33. The fourth-order valence-electron chi connectivity index (χ4n) is 1.79. The van der Waals surface area contributed by atoms with Crippen molar-refractivity contribution in [2.24, 2.45) is 0 Å². The summed E-state index contributed by atoms with van der Waals surface area (Å²) in [5.41, 5.74) is 0.0854. The molecule has 2 aromatic rings. The number of hydrogen-bond acceptors (Lipinski definition) is 4. The van der Waals surface area contributed by atoms with Crippen LogP contribution in [0.2, 0.25) is 5.02 Å². The molecular formula is C16H11ClF3NO4. The third-order valence-corrected chi connectivity index (χ3v) is 3.15. The minimum absolute atomic E-state index is 0.0171. The topological polar surface area (TPSA) is 64.6 Å². The number of nitrogens with one attached hydrogen (secondary N) is 1. The Bertz CT molecular complexity index is 786. The molecule has 0 radical (unpaired) electrons. The first-order valence-electron chi connectivity index (χ1n) is 6.82. The van der Waals surface area contributed by atoms with Crippen LogP contribution in [0.1, 0.15) is 10.4 Å². The summed E-state index contributed by atoms with van der Waals surface area (Å²) in [6.45, 7) is -3.68. The summed E-state index contributed by atoms with van der Waals surface area (Å²) >= 11 is 5.75. The van der Waals surface area contributed by atoms with Gasteiger partial charge in [-0.1, -0.05) is 17.7 Å². The molecule has 0 saturated carbocycles. The van der Waals surface area contributed by atoms with Gasteiger partial charge in [0.25, 0.3) is 5.91 Å². The maximum atomic E-state index is 12.9. The Morgan fingerprint density at radius 1 is 1.16 bits per heavy atom. The first kappa shape index (κ1) is 18.6. The maximum Gasteiger partial charge on any atom is 0.387 e. The predicted octanol–water partition coefficient (Wildman–Crippen LogP) is 3.88. The molecular weight excluding hydrogens is 363 g/mol. The van der Waals surface area contributed by atoms with Gasteiger partial charge >= 0.3 is 12.6 Å². The molecule has 2 rings (SSSR count). The van der Waals surface area contributed by atoms with E-state index >= 15 is 0 Å². The zero-order valence-electron chi connectivity index (χ0n) is 12.5. The van der Waals surface area contributed by atoms with Crippen LogP contribution in [0.4, 0.5) is 18.9 Å². The Morgan fingerprint density at radius 3 is 2.60 bits per heavy atom. The van der Waals surface area contributed by atoms with Crippen LogP contribution in [0.15, 0.2) is 42.5 Å². The molecule has 0 bridgehead atoms. The molecule has 0 fully saturated rings. The molecule has 2 aromatic carbocycles. The number of alkyl halides is 2. The molecule has 132 valence electrons.